The van der Waals surface area contributed by atoms with Crippen molar-refractivity contribution in [3.05, 3.63) is 42.0 Å². The quantitative estimate of drug-likeness (QED) is 0.282. The Morgan fingerprint density at radius 1 is 1.19 bits per heavy atom. The first kappa shape index (κ1) is 22.1. The molecule has 0 bridgehead atoms. The number of hydrogen-bond donors (Lipinski definition) is 3. The average molecular weight is 425 g/mol. The number of ether oxygens (including phenoxy) is 2. The van der Waals surface area contributed by atoms with Crippen LogP contribution in [0.2, 0.25) is 0 Å². The van der Waals surface area contributed by atoms with Crippen LogP contribution in [-0.2, 0) is 9.59 Å². The summed E-state index contributed by atoms with van der Waals surface area (Å²) < 4.78 is 11.5. The van der Waals surface area contributed by atoms with Crippen LogP contribution in [0.25, 0.3) is 0 Å². The maximum Gasteiger partial charge on any atom is 0.231 e. The zero-order valence-electron chi connectivity index (χ0n) is 17.8. The second-order valence-electron chi connectivity index (χ2n) is 7.11. The lowest BCUT2D eigenvalue weighted by Crippen LogP contribution is -2.18. The van der Waals surface area contributed by atoms with Gasteiger partial charge in [0.1, 0.15) is 17.8 Å². The number of nitrogens with zero attached hydrogens (tertiary/aromatic N) is 1. The zero-order valence-corrected chi connectivity index (χ0v) is 17.8. The van der Waals surface area contributed by atoms with Gasteiger partial charge in [-0.05, 0) is 30.7 Å². The number of methoxy groups -OCH3 is 1. The lowest BCUT2D eigenvalue weighted by atomic mass is 10.1. The lowest BCUT2D eigenvalue weighted by Gasteiger charge is -2.25. The smallest absolute Gasteiger partial charge is 0.231 e. The van der Waals surface area contributed by atoms with Crippen molar-refractivity contribution < 1.29 is 19.1 Å². The molecule has 3 N–H and O–H groups in total. The Bertz CT molecular complexity index is 928. The van der Waals surface area contributed by atoms with Gasteiger partial charge in [-0.25, -0.2) is 4.99 Å². The summed E-state index contributed by atoms with van der Waals surface area (Å²) >= 11 is 0. The molecule has 164 valence electrons. The number of carbonyl (C=O) groups is 2. The highest BCUT2D eigenvalue weighted by Crippen LogP contribution is 2.40. The van der Waals surface area contributed by atoms with Crippen LogP contribution in [0, 0.1) is 0 Å². The van der Waals surface area contributed by atoms with E-state index in [9.17, 15) is 9.59 Å². The third kappa shape index (κ3) is 5.97. The van der Waals surface area contributed by atoms with Crippen molar-refractivity contribution in [1.29, 1.82) is 0 Å². The van der Waals surface area contributed by atoms with E-state index in [2.05, 4.69) is 27.9 Å². The number of anilines is 3. The van der Waals surface area contributed by atoms with Crippen LogP contribution >= 0.6 is 0 Å². The Kier molecular flexibility index (Phi) is 7.86. The number of carbonyl (C=O) groups excluding carboxylic acids is 2. The minimum atomic E-state index is -0.351. The van der Waals surface area contributed by atoms with Crippen molar-refractivity contribution in [3.63, 3.8) is 0 Å². The molecular formula is C23H28N4O4. The largest absolute Gasteiger partial charge is 0.496 e. The van der Waals surface area contributed by atoms with E-state index in [4.69, 9.17) is 9.47 Å². The second kappa shape index (κ2) is 11.0. The lowest BCUT2D eigenvalue weighted by molar-refractivity contribution is -0.119. The topological polar surface area (TPSA) is 101 Å². The summed E-state index contributed by atoms with van der Waals surface area (Å²) in [4.78, 5) is 26.5. The van der Waals surface area contributed by atoms with Crippen molar-refractivity contribution >= 4 is 35.6 Å². The van der Waals surface area contributed by atoms with Crippen LogP contribution in [-0.4, -0.2) is 32.2 Å². The maximum absolute atomic E-state index is 11.5. The van der Waals surface area contributed by atoms with Crippen LogP contribution < -0.4 is 25.4 Å². The summed E-state index contributed by atoms with van der Waals surface area (Å²) in [6, 6.07) is 11.0. The number of aliphatic imine (C=N–C) groups is 1. The molecule has 8 heteroatoms. The third-order valence-corrected chi connectivity index (χ3v) is 4.81. The van der Waals surface area contributed by atoms with Gasteiger partial charge >= 0.3 is 0 Å². The summed E-state index contributed by atoms with van der Waals surface area (Å²) in [5.41, 5.74) is 3.20. The molecule has 0 aliphatic carbocycles. The van der Waals surface area contributed by atoms with Gasteiger partial charge in [0.05, 0.1) is 37.7 Å². The first-order valence-corrected chi connectivity index (χ1v) is 10.4. The van der Waals surface area contributed by atoms with E-state index in [1.54, 1.807) is 25.6 Å². The second-order valence-corrected chi connectivity index (χ2v) is 7.11. The van der Waals surface area contributed by atoms with Crippen LogP contribution in [0.15, 0.2) is 41.4 Å². The van der Waals surface area contributed by atoms with Crippen LogP contribution in [0.1, 0.15) is 44.3 Å². The molecule has 1 aliphatic rings. The van der Waals surface area contributed by atoms with E-state index in [0.29, 0.717) is 24.3 Å². The molecule has 2 aromatic carbocycles. The van der Waals surface area contributed by atoms with E-state index < -0.39 is 0 Å². The number of benzene rings is 2. The number of fused-ring (bicyclic) bond motifs is 1. The molecule has 0 spiro atoms. The van der Waals surface area contributed by atoms with Gasteiger partial charge in [0, 0.05) is 23.5 Å². The summed E-state index contributed by atoms with van der Waals surface area (Å²) in [7, 11) is 1.63. The first-order valence-electron chi connectivity index (χ1n) is 10.4. The molecule has 1 aliphatic heterocycles. The van der Waals surface area contributed by atoms with Crippen molar-refractivity contribution in [3.8, 4) is 11.5 Å². The fourth-order valence-electron chi connectivity index (χ4n) is 3.26. The standard InChI is InChI=1S/C23H28N4O4/c1-3-4-5-12-31-18-13-19-22(20(14-18)30-2)23(25-15-24-19)27-17-8-6-16(7-9-17)26-21(29)10-11-28/h6-9,11,13-15,23,27H,3-5,10,12H2,1-2H3,(H,24,25)(H,26,29). The Morgan fingerprint density at radius 3 is 2.68 bits per heavy atom. The first-order chi connectivity index (χ1) is 15.1. The average Bonchev–Trinajstić information content (AvgIpc) is 2.77. The van der Waals surface area contributed by atoms with Crippen LogP contribution in [0.4, 0.5) is 17.1 Å². The molecule has 0 saturated heterocycles. The minimum Gasteiger partial charge on any atom is -0.496 e. The summed E-state index contributed by atoms with van der Waals surface area (Å²) in [6.07, 6.45) is 5.01. The molecule has 0 fully saturated rings. The molecule has 1 amide bonds. The van der Waals surface area contributed by atoms with Gasteiger partial charge in [-0.3, -0.25) is 4.79 Å². The van der Waals surface area contributed by atoms with Gasteiger partial charge in [0.25, 0.3) is 0 Å². The molecule has 1 unspecified atom stereocenters. The highest BCUT2D eigenvalue weighted by atomic mass is 16.5. The zero-order chi connectivity index (χ0) is 22.1. The van der Waals surface area contributed by atoms with Gasteiger partial charge in [-0.15, -0.1) is 0 Å². The van der Waals surface area contributed by atoms with E-state index in [1.807, 2.05) is 24.3 Å². The van der Waals surface area contributed by atoms with E-state index in [0.717, 1.165) is 42.0 Å². The summed E-state index contributed by atoms with van der Waals surface area (Å²) in [5, 5.41) is 9.21. The fraction of sp³-hybridized carbons (Fsp3) is 0.348. The molecule has 1 heterocycles. The number of amides is 1. The number of nitrogens with one attached hydrogen (secondary N) is 3. The Morgan fingerprint density at radius 2 is 1.97 bits per heavy atom. The van der Waals surface area contributed by atoms with Crippen molar-refractivity contribution in [2.45, 2.75) is 38.8 Å². The number of rotatable bonds is 11. The fourth-order valence-corrected chi connectivity index (χ4v) is 3.26. The normalized spacial score (nSPS) is 14.2. The third-order valence-electron chi connectivity index (χ3n) is 4.81. The van der Waals surface area contributed by atoms with Gasteiger partial charge in [0.2, 0.25) is 5.91 Å². The number of unbranched alkanes of at least 4 members (excludes halogenated alkanes) is 2. The molecule has 1 atom stereocenters. The SMILES string of the molecule is CCCCCOc1cc2c(c(OC)c1)C(Nc1ccc(NC(=O)CC=O)cc1)N=CN2. The maximum atomic E-state index is 11.5. The number of hydrogen-bond acceptors (Lipinski definition) is 7. The van der Waals surface area contributed by atoms with Crippen molar-refractivity contribution in [1.82, 2.24) is 0 Å². The highest BCUT2D eigenvalue weighted by molar-refractivity contribution is 5.98. The van der Waals surface area contributed by atoms with Gasteiger partial charge in [0.15, 0.2) is 6.17 Å². The Labute approximate surface area is 182 Å². The summed E-state index contributed by atoms with van der Waals surface area (Å²) in [6.45, 7) is 2.83. The van der Waals surface area contributed by atoms with Crippen molar-refractivity contribution in [2.75, 3.05) is 29.7 Å². The Balaban J connectivity index is 1.72. The van der Waals surface area contributed by atoms with Crippen LogP contribution in [0.3, 0.4) is 0 Å². The molecule has 31 heavy (non-hydrogen) atoms. The molecule has 2 aromatic rings. The highest BCUT2D eigenvalue weighted by Gasteiger charge is 2.23. The van der Waals surface area contributed by atoms with E-state index in [1.165, 1.54) is 0 Å². The molecule has 0 saturated carbocycles. The Hall–Kier alpha value is -3.55. The van der Waals surface area contributed by atoms with Crippen LogP contribution in [0.5, 0.6) is 11.5 Å². The minimum absolute atomic E-state index is 0.162. The predicted molar refractivity (Wildman–Crippen MR) is 122 cm³/mol. The van der Waals surface area contributed by atoms with E-state index in [-0.39, 0.29) is 18.5 Å². The van der Waals surface area contributed by atoms with Crippen molar-refractivity contribution in [2.24, 2.45) is 4.99 Å². The predicted octanol–water partition coefficient (Wildman–Crippen LogP) is 4.36. The van der Waals surface area contributed by atoms with Gasteiger partial charge in [-0.1, -0.05) is 19.8 Å². The number of aldehydes is 1. The molecule has 8 nitrogen and oxygen atoms in total. The summed E-state index contributed by atoms with van der Waals surface area (Å²) in [5.74, 6) is 1.09. The molecule has 0 aromatic heterocycles. The van der Waals surface area contributed by atoms with Gasteiger partial charge < -0.3 is 30.2 Å². The van der Waals surface area contributed by atoms with Gasteiger partial charge in [-0.2, -0.15) is 0 Å². The molecular weight excluding hydrogens is 396 g/mol. The van der Waals surface area contributed by atoms with E-state index >= 15 is 0 Å². The molecule has 0 radical (unpaired) electrons. The monoisotopic (exact) mass is 424 g/mol. The molecule has 3 rings (SSSR count).